The van der Waals surface area contributed by atoms with Gasteiger partial charge in [0.2, 0.25) is 0 Å². The van der Waals surface area contributed by atoms with Gasteiger partial charge in [-0.05, 0) is 27.7 Å². The first kappa shape index (κ1) is 11.0. The van der Waals surface area contributed by atoms with E-state index in [0.717, 1.165) is 26.2 Å². The van der Waals surface area contributed by atoms with Crippen molar-refractivity contribution in [3.05, 3.63) is 0 Å². The summed E-state index contributed by atoms with van der Waals surface area (Å²) in [5, 5.41) is 0. The first-order valence-electron chi connectivity index (χ1n) is 4.96. The van der Waals surface area contributed by atoms with Crippen LogP contribution < -0.4 is 5.73 Å². The van der Waals surface area contributed by atoms with Crippen LogP contribution in [0.5, 0.6) is 0 Å². The maximum atomic E-state index is 5.77. The summed E-state index contributed by atoms with van der Waals surface area (Å²) in [6.07, 6.45) is 0. The van der Waals surface area contributed by atoms with Gasteiger partial charge in [-0.1, -0.05) is 0 Å². The Morgan fingerprint density at radius 1 is 1.31 bits per heavy atom. The maximum absolute atomic E-state index is 5.77. The largest absolute Gasteiger partial charge is 0.372 e. The number of nitrogens with two attached hydrogens (primary N) is 1. The second-order valence-corrected chi connectivity index (χ2v) is 5.07. The van der Waals surface area contributed by atoms with Crippen LogP contribution in [0.3, 0.4) is 0 Å². The van der Waals surface area contributed by atoms with E-state index >= 15 is 0 Å². The van der Waals surface area contributed by atoms with Crippen LogP contribution in [-0.2, 0) is 4.74 Å². The van der Waals surface area contributed by atoms with Gasteiger partial charge in [-0.15, -0.1) is 0 Å². The van der Waals surface area contributed by atoms with Crippen molar-refractivity contribution in [2.45, 2.75) is 38.8 Å². The molecule has 3 nitrogen and oxygen atoms in total. The van der Waals surface area contributed by atoms with Crippen molar-refractivity contribution in [1.29, 1.82) is 0 Å². The normalized spacial score (nSPS) is 27.5. The van der Waals surface area contributed by atoms with Crippen molar-refractivity contribution in [2.75, 3.05) is 26.2 Å². The van der Waals surface area contributed by atoms with Gasteiger partial charge in [-0.3, -0.25) is 4.90 Å². The van der Waals surface area contributed by atoms with Crippen LogP contribution in [0.25, 0.3) is 0 Å². The molecule has 3 heteroatoms. The molecular formula is C10H22N2O. The predicted octanol–water partition coefficient (Wildman–Crippen LogP) is 0.834. The Morgan fingerprint density at radius 3 is 2.46 bits per heavy atom. The average Bonchev–Trinajstić information content (AvgIpc) is 1.99. The third-order valence-electron chi connectivity index (χ3n) is 2.64. The molecular weight excluding hydrogens is 164 g/mol. The molecule has 0 amide bonds. The summed E-state index contributed by atoms with van der Waals surface area (Å²) in [6, 6.07) is 0. The molecule has 78 valence electrons. The zero-order valence-electron chi connectivity index (χ0n) is 9.26. The number of rotatable bonds is 2. The summed E-state index contributed by atoms with van der Waals surface area (Å²) in [7, 11) is 0. The van der Waals surface area contributed by atoms with Crippen molar-refractivity contribution >= 4 is 0 Å². The molecule has 0 radical (unpaired) electrons. The van der Waals surface area contributed by atoms with Gasteiger partial charge in [-0.2, -0.15) is 0 Å². The number of morpholine rings is 1. The second kappa shape index (κ2) is 3.56. The van der Waals surface area contributed by atoms with Crippen LogP contribution in [0.2, 0.25) is 0 Å². The van der Waals surface area contributed by atoms with E-state index in [1.54, 1.807) is 0 Å². The molecule has 1 aliphatic heterocycles. The minimum atomic E-state index is -0.0231. The molecule has 1 heterocycles. The fraction of sp³-hybridized carbons (Fsp3) is 1.00. The molecule has 0 unspecified atom stereocenters. The topological polar surface area (TPSA) is 38.5 Å². The van der Waals surface area contributed by atoms with Crippen molar-refractivity contribution in [2.24, 2.45) is 5.73 Å². The Hall–Kier alpha value is -0.120. The molecule has 0 aromatic heterocycles. The monoisotopic (exact) mass is 186 g/mol. The summed E-state index contributed by atoms with van der Waals surface area (Å²) in [5.41, 5.74) is 5.70. The maximum Gasteiger partial charge on any atom is 0.0754 e. The molecule has 0 bridgehead atoms. The highest BCUT2D eigenvalue weighted by atomic mass is 16.5. The van der Waals surface area contributed by atoms with Gasteiger partial charge in [0, 0.05) is 25.2 Å². The third-order valence-corrected chi connectivity index (χ3v) is 2.64. The molecule has 2 N–H and O–H groups in total. The van der Waals surface area contributed by atoms with E-state index in [9.17, 15) is 0 Å². The lowest BCUT2D eigenvalue weighted by atomic mass is 9.96. The fourth-order valence-corrected chi connectivity index (χ4v) is 1.72. The van der Waals surface area contributed by atoms with Crippen LogP contribution in [0.15, 0.2) is 0 Å². The summed E-state index contributed by atoms with van der Waals surface area (Å²) < 4.78 is 5.77. The van der Waals surface area contributed by atoms with E-state index in [4.69, 9.17) is 10.5 Å². The Labute approximate surface area is 81.2 Å². The summed E-state index contributed by atoms with van der Waals surface area (Å²) >= 11 is 0. The van der Waals surface area contributed by atoms with Crippen molar-refractivity contribution in [3.63, 3.8) is 0 Å². The van der Waals surface area contributed by atoms with Crippen molar-refractivity contribution in [1.82, 2.24) is 4.90 Å². The van der Waals surface area contributed by atoms with Gasteiger partial charge >= 0.3 is 0 Å². The first-order chi connectivity index (χ1) is 5.87. The number of ether oxygens (including phenoxy) is 1. The fourth-order valence-electron chi connectivity index (χ4n) is 1.72. The number of nitrogens with zero attached hydrogens (tertiary/aromatic N) is 1. The lowest BCUT2D eigenvalue weighted by Gasteiger charge is -2.48. The van der Waals surface area contributed by atoms with E-state index in [0.29, 0.717) is 0 Å². The SMILES string of the molecule is CC1(C)CN(CCN)C(C)(C)CO1. The van der Waals surface area contributed by atoms with Crippen LogP contribution in [0.1, 0.15) is 27.7 Å². The standard InChI is InChI=1S/C10H22N2O/c1-9(2)8-13-10(3,4)7-12(9)6-5-11/h5-8,11H2,1-4H3. The van der Waals surface area contributed by atoms with Crippen LogP contribution >= 0.6 is 0 Å². The van der Waals surface area contributed by atoms with Crippen LogP contribution in [-0.4, -0.2) is 42.3 Å². The van der Waals surface area contributed by atoms with E-state index in [1.165, 1.54) is 0 Å². The Bertz CT molecular complexity index is 178. The minimum absolute atomic E-state index is 0.0231. The van der Waals surface area contributed by atoms with Crippen molar-refractivity contribution in [3.8, 4) is 0 Å². The molecule has 0 atom stereocenters. The quantitative estimate of drug-likeness (QED) is 0.694. The average molecular weight is 186 g/mol. The highest BCUT2D eigenvalue weighted by Crippen LogP contribution is 2.26. The van der Waals surface area contributed by atoms with E-state index < -0.39 is 0 Å². The van der Waals surface area contributed by atoms with E-state index in [2.05, 4.69) is 32.6 Å². The summed E-state index contributed by atoms with van der Waals surface area (Å²) in [5.74, 6) is 0. The minimum Gasteiger partial charge on any atom is -0.372 e. The predicted molar refractivity (Wildman–Crippen MR) is 54.7 cm³/mol. The van der Waals surface area contributed by atoms with Crippen LogP contribution in [0.4, 0.5) is 0 Å². The molecule has 13 heavy (non-hydrogen) atoms. The molecule has 0 saturated carbocycles. The molecule has 0 aliphatic carbocycles. The zero-order valence-corrected chi connectivity index (χ0v) is 9.26. The Kier molecular flexibility index (Phi) is 3.00. The lowest BCUT2D eigenvalue weighted by Crippen LogP contribution is -2.60. The summed E-state index contributed by atoms with van der Waals surface area (Å²) in [4.78, 5) is 2.41. The first-order valence-corrected chi connectivity index (χ1v) is 4.96. The Balaban J connectivity index is 2.64. The van der Waals surface area contributed by atoms with E-state index in [-0.39, 0.29) is 11.1 Å². The third kappa shape index (κ3) is 2.66. The molecule has 0 spiro atoms. The molecule has 1 saturated heterocycles. The van der Waals surface area contributed by atoms with Gasteiger partial charge in [0.25, 0.3) is 0 Å². The molecule has 0 aromatic rings. The van der Waals surface area contributed by atoms with Gasteiger partial charge < -0.3 is 10.5 Å². The zero-order chi connectivity index (χ0) is 10.1. The second-order valence-electron chi connectivity index (χ2n) is 5.07. The molecule has 1 fully saturated rings. The van der Waals surface area contributed by atoms with Crippen molar-refractivity contribution < 1.29 is 4.74 Å². The molecule has 1 aliphatic rings. The Morgan fingerprint density at radius 2 is 1.92 bits per heavy atom. The van der Waals surface area contributed by atoms with Gasteiger partial charge in [0.15, 0.2) is 0 Å². The molecule has 1 rings (SSSR count). The van der Waals surface area contributed by atoms with E-state index in [1.807, 2.05) is 0 Å². The van der Waals surface area contributed by atoms with Gasteiger partial charge in [0.05, 0.1) is 12.2 Å². The highest BCUT2D eigenvalue weighted by molar-refractivity contribution is 4.91. The summed E-state index contributed by atoms with van der Waals surface area (Å²) in [6.45, 7) is 12.1. The van der Waals surface area contributed by atoms with Crippen LogP contribution in [0, 0.1) is 0 Å². The smallest absolute Gasteiger partial charge is 0.0754 e. The number of hydrogen-bond acceptors (Lipinski definition) is 3. The lowest BCUT2D eigenvalue weighted by molar-refractivity contribution is -0.142. The number of hydrogen-bond donors (Lipinski definition) is 1. The highest BCUT2D eigenvalue weighted by Gasteiger charge is 2.38. The molecule has 0 aromatic carbocycles. The van der Waals surface area contributed by atoms with Gasteiger partial charge in [-0.25, -0.2) is 0 Å². The van der Waals surface area contributed by atoms with Gasteiger partial charge in [0.1, 0.15) is 0 Å².